The van der Waals surface area contributed by atoms with E-state index in [4.69, 9.17) is 32.7 Å². The number of ether oxygens (including phenoxy) is 2. The lowest BCUT2D eigenvalue weighted by Crippen LogP contribution is -2.43. The average molecular weight is 410 g/mol. The second-order valence-electron chi connectivity index (χ2n) is 6.94. The molecule has 2 atom stereocenters. The first-order valence-electron chi connectivity index (χ1n) is 9.06. The Balaban J connectivity index is 1.77. The molecule has 1 fully saturated rings. The highest BCUT2D eigenvalue weighted by Gasteiger charge is 2.30. The van der Waals surface area contributed by atoms with Gasteiger partial charge in [-0.3, -0.25) is 4.90 Å². The van der Waals surface area contributed by atoms with Crippen molar-refractivity contribution in [2.24, 2.45) is 5.92 Å². The Bertz CT molecular complexity index is 770. The number of piperidine rings is 1. The van der Waals surface area contributed by atoms with Crippen LogP contribution in [0.25, 0.3) is 0 Å². The van der Waals surface area contributed by atoms with E-state index >= 15 is 0 Å². The number of hydrogen-bond acceptors (Lipinski definition) is 4. The fraction of sp³-hybridized carbons (Fsp3) is 0.429. The average Bonchev–Trinajstić information content (AvgIpc) is 2.66. The van der Waals surface area contributed by atoms with Crippen LogP contribution in [-0.2, 0) is 13.0 Å². The fourth-order valence-electron chi connectivity index (χ4n) is 3.76. The van der Waals surface area contributed by atoms with Crippen molar-refractivity contribution in [1.82, 2.24) is 4.90 Å². The third-order valence-corrected chi connectivity index (χ3v) is 5.75. The van der Waals surface area contributed by atoms with E-state index in [9.17, 15) is 5.11 Å². The lowest BCUT2D eigenvalue weighted by atomic mass is 9.88. The molecule has 1 heterocycles. The van der Waals surface area contributed by atoms with Gasteiger partial charge in [-0.15, -0.1) is 0 Å². The molecule has 1 N–H and O–H groups in total. The van der Waals surface area contributed by atoms with Crippen LogP contribution >= 0.6 is 23.2 Å². The molecule has 0 saturated carbocycles. The summed E-state index contributed by atoms with van der Waals surface area (Å²) in [5.74, 6) is 1.05. The molecule has 1 aliphatic rings. The number of aliphatic hydroxyl groups excluding tert-OH is 1. The van der Waals surface area contributed by atoms with Crippen LogP contribution in [0.15, 0.2) is 36.4 Å². The minimum atomic E-state index is -0.360. The van der Waals surface area contributed by atoms with Crippen molar-refractivity contribution in [1.29, 1.82) is 0 Å². The normalized spacial score (nSPS) is 20.5. The number of likely N-dealkylation sites (tertiary alicyclic amines) is 1. The van der Waals surface area contributed by atoms with Gasteiger partial charge in [-0.1, -0.05) is 53.5 Å². The zero-order chi connectivity index (χ0) is 19.4. The van der Waals surface area contributed by atoms with Crippen LogP contribution in [0.5, 0.6) is 11.5 Å². The monoisotopic (exact) mass is 409 g/mol. The van der Waals surface area contributed by atoms with E-state index in [1.54, 1.807) is 7.11 Å². The molecule has 0 bridgehead atoms. The topological polar surface area (TPSA) is 41.9 Å². The van der Waals surface area contributed by atoms with Crippen LogP contribution in [0.1, 0.15) is 17.5 Å². The maximum absolute atomic E-state index is 10.6. The van der Waals surface area contributed by atoms with E-state index in [0.717, 1.165) is 31.6 Å². The first kappa shape index (κ1) is 20.3. The Morgan fingerprint density at radius 3 is 2.48 bits per heavy atom. The van der Waals surface area contributed by atoms with Gasteiger partial charge in [0.25, 0.3) is 0 Å². The smallest absolute Gasteiger partial charge is 0.159 e. The Morgan fingerprint density at radius 1 is 1.11 bits per heavy atom. The molecular weight excluding hydrogens is 385 g/mol. The van der Waals surface area contributed by atoms with Crippen LogP contribution < -0.4 is 9.47 Å². The van der Waals surface area contributed by atoms with Gasteiger partial charge in [0, 0.05) is 25.6 Å². The molecule has 1 saturated heterocycles. The molecular formula is C21H25Cl2NO3. The molecule has 1 aliphatic heterocycles. The van der Waals surface area contributed by atoms with E-state index in [2.05, 4.69) is 29.2 Å². The van der Waals surface area contributed by atoms with Gasteiger partial charge in [-0.05, 0) is 30.0 Å². The molecule has 0 amide bonds. The van der Waals surface area contributed by atoms with Crippen molar-refractivity contribution < 1.29 is 14.6 Å². The second-order valence-corrected chi connectivity index (χ2v) is 7.72. The molecule has 27 heavy (non-hydrogen) atoms. The molecule has 3 rings (SSSR count). The van der Waals surface area contributed by atoms with Crippen molar-refractivity contribution in [3.63, 3.8) is 0 Å². The van der Waals surface area contributed by atoms with E-state index in [1.165, 1.54) is 12.7 Å². The summed E-state index contributed by atoms with van der Waals surface area (Å²) in [4.78, 5) is 2.38. The van der Waals surface area contributed by atoms with Crippen molar-refractivity contribution in [2.75, 3.05) is 27.3 Å². The number of hydrogen-bond donors (Lipinski definition) is 1. The highest BCUT2D eigenvalue weighted by atomic mass is 35.5. The van der Waals surface area contributed by atoms with E-state index in [1.807, 2.05) is 12.1 Å². The molecule has 146 valence electrons. The zero-order valence-electron chi connectivity index (χ0n) is 15.6. The Kier molecular flexibility index (Phi) is 6.88. The van der Waals surface area contributed by atoms with Gasteiger partial charge in [0.15, 0.2) is 5.75 Å². The van der Waals surface area contributed by atoms with Crippen LogP contribution in [0.4, 0.5) is 0 Å². The summed E-state index contributed by atoms with van der Waals surface area (Å²) >= 11 is 12.7. The lowest BCUT2D eigenvalue weighted by molar-refractivity contribution is 0.0237. The molecule has 0 aromatic heterocycles. The number of nitrogens with zero attached hydrogens (tertiary/aromatic N) is 1. The second kappa shape index (κ2) is 9.16. The summed E-state index contributed by atoms with van der Waals surface area (Å²) in [6, 6.07) is 12.2. The van der Waals surface area contributed by atoms with Crippen LogP contribution in [0.2, 0.25) is 10.0 Å². The predicted molar refractivity (Wildman–Crippen MR) is 109 cm³/mol. The van der Waals surface area contributed by atoms with Crippen molar-refractivity contribution in [3.05, 3.63) is 57.6 Å². The van der Waals surface area contributed by atoms with Crippen molar-refractivity contribution in [2.45, 2.75) is 25.5 Å². The quantitative estimate of drug-likeness (QED) is 0.765. The molecule has 4 nitrogen and oxygen atoms in total. The largest absolute Gasteiger partial charge is 0.495 e. The van der Waals surface area contributed by atoms with E-state index in [-0.39, 0.29) is 12.0 Å². The molecule has 0 aliphatic carbocycles. The van der Waals surface area contributed by atoms with Crippen LogP contribution in [-0.4, -0.2) is 43.4 Å². The maximum Gasteiger partial charge on any atom is 0.159 e. The number of benzene rings is 2. The van der Waals surface area contributed by atoms with Crippen molar-refractivity contribution >= 4 is 23.2 Å². The molecule has 2 aromatic rings. The molecule has 2 aromatic carbocycles. The van der Waals surface area contributed by atoms with E-state index in [0.29, 0.717) is 28.0 Å². The summed E-state index contributed by atoms with van der Waals surface area (Å²) in [6.07, 6.45) is 1.03. The summed E-state index contributed by atoms with van der Waals surface area (Å²) in [5.41, 5.74) is 2.17. The Morgan fingerprint density at radius 2 is 1.81 bits per heavy atom. The fourth-order valence-corrected chi connectivity index (χ4v) is 4.49. The summed E-state index contributed by atoms with van der Waals surface area (Å²) in [5, 5.41) is 11.4. The minimum Gasteiger partial charge on any atom is -0.495 e. The van der Waals surface area contributed by atoms with Gasteiger partial charge in [0.1, 0.15) is 10.8 Å². The number of methoxy groups -OCH3 is 2. The minimum absolute atomic E-state index is 0.0805. The highest BCUT2D eigenvalue weighted by Crippen LogP contribution is 2.43. The van der Waals surface area contributed by atoms with Gasteiger partial charge in [0.2, 0.25) is 0 Å². The van der Waals surface area contributed by atoms with E-state index < -0.39 is 0 Å². The van der Waals surface area contributed by atoms with Gasteiger partial charge in [-0.2, -0.15) is 0 Å². The first-order valence-corrected chi connectivity index (χ1v) is 9.82. The Labute approximate surface area is 170 Å². The van der Waals surface area contributed by atoms with Gasteiger partial charge in [-0.25, -0.2) is 0 Å². The molecule has 2 unspecified atom stereocenters. The van der Waals surface area contributed by atoms with Crippen molar-refractivity contribution in [3.8, 4) is 11.5 Å². The molecule has 0 spiro atoms. The molecule has 0 radical (unpaired) electrons. The standard InChI is InChI=1S/C21H25Cl2NO3/c1-26-20-15(11-17(22)21(27-2)19(20)23)10-16-13-24(9-8-18(16)25)12-14-6-4-3-5-7-14/h3-7,11,16,18,25H,8-10,12-13H2,1-2H3. The third-order valence-electron chi connectivity index (χ3n) is 5.13. The molecule has 6 heteroatoms. The maximum atomic E-state index is 10.6. The highest BCUT2D eigenvalue weighted by molar-refractivity contribution is 6.38. The summed E-state index contributed by atoms with van der Waals surface area (Å²) in [7, 11) is 3.11. The van der Waals surface area contributed by atoms with Crippen LogP contribution in [0, 0.1) is 5.92 Å². The number of halogens is 2. The zero-order valence-corrected chi connectivity index (χ0v) is 17.1. The van der Waals surface area contributed by atoms with Gasteiger partial charge >= 0.3 is 0 Å². The van der Waals surface area contributed by atoms with Gasteiger partial charge < -0.3 is 14.6 Å². The number of rotatable bonds is 6. The first-order chi connectivity index (χ1) is 13.0. The SMILES string of the molecule is COc1c(Cl)cc(CC2CN(Cc3ccccc3)CCC2O)c(OC)c1Cl. The van der Waals surface area contributed by atoms with Gasteiger partial charge in [0.05, 0.1) is 25.3 Å². The Hall–Kier alpha value is -1.46. The lowest BCUT2D eigenvalue weighted by Gasteiger charge is -2.36. The third kappa shape index (κ3) is 4.69. The van der Waals surface area contributed by atoms with Crippen LogP contribution in [0.3, 0.4) is 0 Å². The summed E-state index contributed by atoms with van der Waals surface area (Å²) < 4.78 is 10.8. The summed E-state index contributed by atoms with van der Waals surface area (Å²) in [6.45, 7) is 2.57. The predicted octanol–water partition coefficient (Wildman–Crippen LogP) is 4.44. The number of aliphatic hydroxyl groups is 1.